The summed E-state index contributed by atoms with van der Waals surface area (Å²) in [5.74, 6) is 0.729. The molecule has 0 amide bonds. The van der Waals surface area contributed by atoms with E-state index < -0.39 is 5.97 Å². The topological polar surface area (TPSA) is 72.9 Å². The molecule has 1 N–H and O–H groups in total. The molecule has 0 unspecified atom stereocenters. The van der Waals surface area contributed by atoms with E-state index in [1.54, 1.807) is 6.07 Å². The van der Waals surface area contributed by atoms with E-state index >= 15 is 0 Å². The van der Waals surface area contributed by atoms with E-state index in [1.165, 1.54) is 12.7 Å². The van der Waals surface area contributed by atoms with Crippen LogP contribution in [0.5, 0.6) is 11.5 Å². The highest BCUT2D eigenvalue weighted by molar-refractivity contribution is 5.91. The highest BCUT2D eigenvalue weighted by Crippen LogP contribution is 2.33. The number of likely N-dealkylation sites (N-methyl/N-ethyl adjacent to an activating group) is 1. The van der Waals surface area contributed by atoms with E-state index in [0.717, 1.165) is 42.2 Å². The lowest BCUT2D eigenvalue weighted by atomic mass is 9.88. The van der Waals surface area contributed by atoms with Crippen molar-refractivity contribution in [1.29, 1.82) is 0 Å². The second-order valence-corrected chi connectivity index (χ2v) is 10.6. The van der Waals surface area contributed by atoms with Crippen LogP contribution in [0.15, 0.2) is 54.6 Å². The van der Waals surface area contributed by atoms with Gasteiger partial charge in [0, 0.05) is 32.1 Å². The molecule has 37 heavy (non-hydrogen) atoms. The molecule has 7 nitrogen and oxygen atoms in total. The van der Waals surface area contributed by atoms with Gasteiger partial charge in [0.2, 0.25) is 0 Å². The van der Waals surface area contributed by atoms with Crippen LogP contribution >= 0.6 is 0 Å². The van der Waals surface area contributed by atoms with Crippen molar-refractivity contribution in [3.05, 3.63) is 65.9 Å². The molecule has 0 fully saturated rings. The van der Waals surface area contributed by atoms with Crippen LogP contribution in [0.2, 0.25) is 0 Å². The SMILES string of the molecule is COC(=O)c1nc(-c2ccc3c(c2)NCCN3C)ccc1OCCCOc1cccc(CC(C)(C)C)c1. The molecule has 0 saturated heterocycles. The van der Waals surface area contributed by atoms with E-state index in [1.807, 2.05) is 24.3 Å². The monoisotopic (exact) mass is 503 g/mol. The first-order chi connectivity index (χ1) is 17.7. The number of hydrogen-bond acceptors (Lipinski definition) is 7. The largest absolute Gasteiger partial charge is 0.493 e. The van der Waals surface area contributed by atoms with Crippen LogP contribution in [0.4, 0.5) is 11.4 Å². The predicted molar refractivity (Wildman–Crippen MR) is 148 cm³/mol. The number of aromatic nitrogens is 1. The number of anilines is 2. The molecule has 0 atom stereocenters. The summed E-state index contributed by atoms with van der Waals surface area (Å²) < 4.78 is 16.8. The quantitative estimate of drug-likeness (QED) is 0.291. The molecule has 1 aromatic heterocycles. The molecule has 0 aliphatic carbocycles. The fourth-order valence-electron chi connectivity index (χ4n) is 4.40. The number of methoxy groups -OCH3 is 1. The summed E-state index contributed by atoms with van der Waals surface area (Å²) in [6.07, 6.45) is 1.65. The maximum atomic E-state index is 12.5. The van der Waals surface area contributed by atoms with Gasteiger partial charge in [-0.05, 0) is 53.8 Å². The molecule has 0 radical (unpaired) electrons. The van der Waals surface area contributed by atoms with Gasteiger partial charge in [-0.3, -0.25) is 0 Å². The Kier molecular flexibility index (Phi) is 8.21. The Balaban J connectivity index is 1.38. The Morgan fingerprint density at radius 2 is 1.86 bits per heavy atom. The molecule has 7 heteroatoms. The number of rotatable bonds is 9. The van der Waals surface area contributed by atoms with Crippen LogP contribution < -0.4 is 19.7 Å². The minimum absolute atomic E-state index is 0.165. The third kappa shape index (κ3) is 6.94. The third-order valence-electron chi connectivity index (χ3n) is 6.15. The number of nitrogens with one attached hydrogen (secondary N) is 1. The maximum absolute atomic E-state index is 12.5. The molecular formula is C30H37N3O4. The molecule has 4 rings (SSSR count). The lowest BCUT2D eigenvalue weighted by molar-refractivity contribution is 0.0588. The van der Waals surface area contributed by atoms with Crippen LogP contribution in [0.1, 0.15) is 43.2 Å². The molecule has 0 spiro atoms. The number of carbonyl (C=O) groups is 1. The first kappa shape index (κ1) is 26.3. The summed E-state index contributed by atoms with van der Waals surface area (Å²) in [5.41, 5.74) is 5.45. The van der Waals surface area contributed by atoms with Gasteiger partial charge in [0.1, 0.15) is 5.75 Å². The van der Waals surface area contributed by atoms with Crippen molar-refractivity contribution in [3.8, 4) is 22.8 Å². The highest BCUT2D eigenvalue weighted by Gasteiger charge is 2.19. The first-order valence-electron chi connectivity index (χ1n) is 12.8. The Bertz CT molecular complexity index is 1240. The van der Waals surface area contributed by atoms with Gasteiger partial charge in [-0.1, -0.05) is 39.0 Å². The third-order valence-corrected chi connectivity index (χ3v) is 6.15. The van der Waals surface area contributed by atoms with Gasteiger partial charge in [0.25, 0.3) is 0 Å². The van der Waals surface area contributed by atoms with Crippen molar-refractivity contribution in [2.24, 2.45) is 5.41 Å². The standard InChI is InChI=1S/C30H37N3O4/c1-30(2,3)20-21-8-6-9-23(18-21)36-16-7-17-37-27-13-11-24(32-28(27)29(34)35-5)22-10-12-26-25(19-22)31-14-15-33(26)4/h6,8-13,18-19,31H,7,14-17,20H2,1-5H3. The van der Waals surface area contributed by atoms with Crippen molar-refractivity contribution >= 4 is 17.3 Å². The van der Waals surface area contributed by atoms with Crippen molar-refractivity contribution in [3.63, 3.8) is 0 Å². The Morgan fingerprint density at radius 1 is 1.05 bits per heavy atom. The molecule has 196 valence electrons. The number of esters is 1. The lowest BCUT2D eigenvalue weighted by Gasteiger charge is -2.28. The second kappa shape index (κ2) is 11.5. The second-order valence-electron chi connectivity index (χ2n) is 10.6. The summed E-state index contributed by atoms with van der Waals surface area (Å²) in [7, 11) is 3.43. The van der Waals surface area contributed by atoms with E-state index in [0.29, 0.717) is 31.1 Å². The van der Waals surface area contributed by atoms with Crippen molar-refractivity contribution in [2.75, 3.05) is 50.7 Å². The number of fused-ring (bicyclic) bond motifs is 1. The first-order valence-corrected chi connectivity index (χ1v) is 12.8. The molecule has 2 aromatic carbocycles. The van der Waals surface area contributed by atoms with E-state index in [-0.39, 0.29) is 11.1 Å². The molecule has 2 heterocycles. The van der Waals surface area contributed by atoms with Crippen LogP contribution in [0, 0.1) is 5.41 Å². The fourth-order valence-corrected chi connectivity index (χ4v) is 4.40. The van der Waals surface area contributed by atoms with Gasteiger partial charge >= 0.3 is 5.97 Å². The summed E-state index contributed by atoms with van der Waals surface area (Å²) in [6, 6.07) is 18.0. The Labute approximate surface area is 219 Å². The number of ether oxygens (including phenoxy) is 3. The van der Waals surface area contributed by atoms with Crippen LogP contribution in [0.3, 0.4) is 0 Å². The van der Waals surface area contributed by atoms with E-state index in [9.17, 15) is 4.79 Å². The van der Waals surface area contributed by atoms with Gasteiger partial charge in [-0.15, -0.1) is 0 Å². The molecule has 1 aliphatic rings. The lowest BCUT2D eigenvalue weighted by Crippen LogP contribution is -2.30. The Morgan fingerprint density at radius 3 is 2.65 bits per heavy atom. The smallest absolute Gasteiger partial charge is 0.360 e. The minimum atomic E-state index is -0.528. The van der Waals surface area contributed by atoms with Crippen LogP contribution in [0.25, 0.3) is 11.3 Å². The van der Waals surface area contributed by atoms with Gasteiger partial charge in [0.15, 0.2) is 11.4 Å². The summed E-state index contributed by atoms with van der Waals surface area (Å²) in [6.45, 7) is 9.42. The average molecular weight is 504 g/mol. The number of hydrogen-bond donors (Lipinski definition) is 1. The number of carbonyl (C=O) groups excluding carboxylic acids is 1. The fraction of sp³-hybridized carbons (Fsp3) is 0.400. The van der Waals surface area contributed by atoms with E-state index in [4.69, 9.17) is 14.2 Å². The van der Waals surface area contributed by atoms with Gasteiger partial charge < -0.3 is 24.4 Å². The molecule has 1 aliphatic heterocycles. The van der Waals surface area contributed by atoms with Crippen molar-refractivity contribution in [1.82, 2.24) is 4.98 Å². The summed E-state index contributed by atoms with van der Waals surface area (Å²) in [5, 5.41) is 3.43. The zero-order valence-electron chi connectivity index (χ0n) is 22.5. The zero-order valence-corrected chi connectivity index (χ0v) is 22.5. The Hall–Kier alpha value is -3.74. The normalized spacial score (nSPS) is 12.9. The zero-order chi connectivity index (χ0) is 26.4. The summed E-state index contributed by atoms with van der Waals surface area (Å²) >= 11 is 0. The average Bonchev–Trinajstić information content (AvgIpc) is 2.87. The predicted octanol–water partition coefficient (Wildman–Crippen LogP) is 5.83. The maximum Gasteiger partial charge on any atom is 0.360 e. The van der Waals surface area contributed by atoms with Crippen molar-refractivity contribution < 1.29 is 19.0 Å². The van der Waals surface area contributed by atoms with Crippen LogP contribution in [-0.4, -0.2) is 51.4 Å². The molecule has 0 saturated carbocycles. The van der Waals surface area contributed by atoms with Crippen molar-refractivity contribution in [2.45, 2.75) is 33.6 Å². The van der Waals surface area contributed by atoms with Crippen LogP contribution in [-0.2, 0) is 11.2 Å². The molecule has 0 bridgehead atoms. The molecule has 3 aromatic rings. The highest BCUT2D eigenvalue weighted by atomic mass is 16.5. The minimum Gasteiger partial charge on any atom is -0.493 e. The summed E-state index contributed by atoms with van der Waals surface area (Å²) in [4.78, 5) is 19.3. The van der Waals surface area contributed by atoms with E-state index in [2.05, 4.69) is 67.3 Å². The number of benzene rings is 2. The number of pyridine rings is 1. The van der Waals surface area contributed by atoms with Gasteiger partial charge in [0.05, 0.1) is 37.4 Å². The molecular weight excluding hydrogens is 466 g/mol. The van der Waals surface area contributed by atoms with Gasteiger partial charge in [-0.2, -0.15) is 0 Å². The number of nitrogens with zero attached hydrogens (tertiary/aromatic N) is 2. The van der Waals surface area contributed by atoms with Gasteiger partial charge in [-0.25, -0.2) is 9.78 Å².